The summed E-state index contributed by atoms with van der Waals surface area (Å²) in [7, 11) is 0. The number of carbonyl (C=O) groups is 3. The van der Waals surface area contributed by atoms with Crippen LogP contribution in [0.15, 0.2) is 89.9 Å². The molecule has 188 valence electrons. The van der Waals surface area contributed by atoms with Crippen LogP contribution >= 0.6 is 0 Å². The van der Waals surface area contributed by atoms with E-state index in [9.17, 15) is 14.4 Å². The number of ether oxygens (including phenoxy) is 1. The average Bonchev–Trinajstić information content (AvgIpc) is 3.45. The molecule has 1 aliphatic heterocycles. The van der Waals surface area contributed by atoms with E-state index in [1.807, 2.05) is 72.8 Å². The molecule has 1 saturated carbocycles. The molecule has 5 rings (SSSR count). The van der Waals surface area contributed by atoms with Crippen LogP contribution in [-0.4, -0.2) is 29.3 Å². The number of benzodiazepines with no additional fused rings is 1. The second kappa shape index (κ2) is 10.4. The average molecular weight is 496 g/mol. The number of nitrogens with one attached hydrogen (secondary N) is 1. The van der Waals surface area contributed by atoms with E-state index in [-0.39, 0.29) is 18.4 Å². The van der Waals surface area contributed by atoms with Crippen molar-refractivity contribution in [2.75, 3.05) is 4.90 Å². The normalized spacial score (nSPS) is 19.5. The molecule has 37 heavy (non-hydrogen) atoms. The number of benzene rings is 3. The topological polar surface area (TPSA) is 88.1 Å². The number of hydrogen-bond donors (Lipinski definition) is 1. The summed E-state index contributed by atoms with van der Waals surface area (Å²) < 4.78 is 5.42. The van der Waals surface area contributed by atoms with Crippen LogP contribution in [0.1, 0.15) is 49.3 Å². The SMILES string of the molecule is CC1(NC(=O)OCc2ccccc2)N=C(c2ccccc2)c2ccccc2N(C(=O)C2CCCC2)C1=O. The fraction of sp³-hybridized carbons (Fsp3) is 0.267. The Hall–Kier alpha value is -4.26. The zero-order chi connectivity index (χ0) is 25.8. The lowest BCUT2D eigenvalue weighted by molar-refractivity contribution is -0.131. The predicted molar refractivity (Wildman–Crippen MR) is 141 cm³/mol. The van der Waals surface area contributed by atoms with Gasteiger partial charge in [-0.2, -0.15) is 0 Å². The fourth-order valence-electron chi connectivity index (χ4n) is 4.96. The summed E-state index contributed by atoms with van der Waals surface area (Å²) in [6.45, 7) is 1.56. The van der Waals surface area contributed by atoms with E-state index in [2.05, 4.69) is 5.32 Å². The second-order valence-electron chi connectivity index (χ2n) is 9.56. The number of anilines is 1. The van der Waals surface area contributed by atoms with Gasteiger partial charge in [0, 0.05) is 17.0 Å². The zero-order valence-corrected chi connectivity index (χ0v) is 20.7. The lowest BCUT2D eigenvalue weighted by atomic mass is 9.99. The molecule has 0 bridgehead atoms. The summed E-state index contributed by atoms with van der Waals surface area (Å²) in [6.07, 6.45) is 2.58. The number of aliphatic imine (C=N–C) groups is 1. The standard InChI is InChI=1S/C30H29N3O4/c1-30(32-29(36)37-20-21-12-4-2-5-13-21)28(35)33(27(34)23-16-8-9-17-23)25-19-11-10-18-24(25)26(31-30)22-14-6-3-7-15-22/h2-7,10-15,18-19,23H,8-9,16-17,20H2,1H3,(H,32,36). The van der Waals surface area contributed by atoms with E-state index in [4.69, 9.17) is 9.73 Å². The van der Waals surface area contributed by atoms with E-state index >= 15 is 0 Å². The van der Waals surface area contributed by atoms with Crippen LogP contribution in [0.5, 0.6) is 0 Å². The van der Waals surface area contributed by atoms with Gasteiger partial charge in [0.15, 0.2) is 0 Å². The van der Waals surface area contributed by atoms with Crippen molar-refractivity contribution >= 4 is 29.3 Å². The molecule has 0 spiro atoms. The Morgan fingerprint density at radius 2 is 1.57 bits per heavy atom. The Morgan fingerprint density at radius 1 is 0.946 bits per heavy atom. The molecule has 0 radical (unpaired) electrons. The Morgan fingerprint density at radius 3 is 2.27 bits per heavy atom. The largest absolute Gasteiger partial charge is 0.445 e. The number of carbonyl (C=O) groups excluding carboxylic acids is 3. The molecule has 3 aromatic carbocycles. The minimum absolute atomic E-state index is 0.0388. The molecule has 7 heteroatoms. The van der Waals surface area contributed by atoms with Crippen molar-refractivity contribution in [1.82, 2.24) is 5.32 Å². The summed E-state index contributed by atoms with van der Waals surface area (Å²) in [5.41, 5.74) is 1.44. The van der Waals surface area contributed by atoms with Crippen LogP contribution in [0, 0.1) is 5.92 Å². The summed E-state index contributed by atoms with van der Waals surface area (Å²) in [6, 6.07) is 26.0. The first kappa shape index (κ1) is 24.4. The molecule has 2 aliphatic rings. The highest BCUT2D eigenvalue weighted by Gasteiger charge is 2.46. The monoisotopic (exact) mass is 495 g/mol. The van der Waals surface area contributed by atoms with Crippen LogP contribution in [-0.2, 0) is 20.9 Å². The third kappa shape index (κ3) is 5.03. The molecule has 7 nitrogen and oxygen atoms in total. The number of alkyl carbamates (subject to hydrolysis) is 1. The van der Waals surface area contributed by atoms with E-state index in [0.717, 1.165) is 36.8 Å². The molecule has 0 saturated heterocycles. The molecule has 1 heterocycles. The number of rotatable bonds is 5. The van der Waals surface area contributed by atoms with Gasteiger partial charge in [0.2, 0.25) is 11.6 Å². The van der Waals surface area contributed by atoms with Gasteiger partial charge in [0.05, 0.1) is 11.4 Å². The Labute approximate surface area is 216 Å². The quantitative estimate of drug-likeness (QED) is 0.491. The van der Waals surface area contributed by atoms with E-state index in [0.29, 0.717) is 17.0 Å². The van der Waals surface area contributed by atoms with Crippen molar-refractivity contribution in [2.24, 2.45) is 10.9 Å². The van der Waals surface area contributed by atoms with Gasteiger partial charge >= 0.3 is 6.09 Å². The van der Waals surface area contributed by atoms with E-state index < -0.39 is 17.7 Å². The Balaban J connectivity index is 1.56. The molecule has 1 N–H and O–H groups in total. The lowest BCUT2D eigenvalue weighted by Gasteiger charge is -2.31. The molecular weight excluding hydrogens is 466 g/mol. The molecule has 0 aromatic heterocycles. The van der Waals surface area contributed by atoms with E-state index in [1.54, 1.807) is 12.1 Å². The first-order chi connectivity index (χ1) is 18.0. The van der Waals surface area contributed by atoms with Gasteiger partial charge in [-0.05, 0) is 31.4 Å². The van der Waals surface area contributed by atoms with Crippen molar-refractivity contribution in [3.8, 4) is 0 Å². The van der Waals surface area contributed by atoms with Gasteiger partial charge in [0.25, 0.3) is 5.91 Å². The van der Waals surface area contributed by atoms with Crippen LogP contribution < -0.4 is 10.2 Å². The molecule has 3 amide bonds. The zero-order valence-electron chi connectivity index (χ0n) is 20.7. The highest BCUT2D eigenvalue weighted by atomic mass is 16.5. The third-order valence-electron chi connectivity index (χ3n) is 6.89. The molecule has 1 unspecified atom stereocenters. The molecule has 3 aromatic rings. The molecule has 1 aliphatic carbocycles. The minimum Gasteiger partial charge on any atom is -0.445 e. The Kier molecular flexibility index (Phi) is 6.86. The number of imide groups is 1. The summed E-state index contributed by atoms with van der Waals surface area (Å²) in [5, 5.41) is 2.67. The number of nitrogens with zero attached hydrogens (tertiary/aromatic N) is 2. The maximum Gasteiger partial charge on any atom is 0.409 e. The second-order valence-corrected chi connectivity index (χ2v) is 9.56. The van der Waals surface area contributed by atoms with Crippen LogP contribution in [0.25, 0.3) is 0 Å². The van der Waals surface area contributed by atoms with Crippen LogP contribution in [0.4, 0.5) is 10.5 Å². The highest BCUT2D eigenvalue weighted by Crippen LogP contribution is 2.35. The number of fused-ring (bicyclic) bond motifs is 1. The first-order valence-corrected chi connectivity index (χ1v) is 12.6. The van der Waals surface area contributed by atoms with Gasteiger partial charge in [0.1, 0.15) is 6.61 Å². The number of amides is 3. The molecule has 1 fully saturated rings. The van der Waals surface area contributed by atoms with Crippen molar-refractivity contribution in [3.05, 3.63) is 102 Å². The van der Waals surface area contributed by atoms with E-state index in [1.165, 1.54) is 11.8 Å². The summed E-state index contributed by atoms with van der Waals surface area (Å²) in [5.74, 6) is -1.12. The number of para-hydroxylation sites is 1. The minimum atomic E-state index is -1.77. The third-order valence-corrected chi connectivity index (χ3v) is 6.89. The molecular formula is C30H29N3O4. The smallest absolute Gasteiger partial charge is 0.409 e. The van der Waals surface area contributed by atoms with Gasteiger partial charge in [-0.3, -0.25) is 14.9 Å². The lowest BCUT2D eigenvalue weighted by Crippen LogP contribution is -2.58. The van der Waals surface area contributed by atoms with Gasteiger partial charge < -0.3 is 4.74 Å². The van der Waals surface area contributed by atoms with Crippen molar-refractivity contribution in [1.29, 1.82) is 0 Å². The Bertz CT molecular complexity index is 1330. The maximum atomic E-state index is 14.1. The van der Waals surface area contributed by atoms with Crippen LogP contribution in [0.2, 0.25) is 0 Å². The van der Waals surface area contributed by atoms with Crippen molar-refractivity contribution in [2.45, 2.75) is 44.9 Å². The van der Waals surface area contributed by atoms with Gasteiger partial charge in [-0.15, -0.1) is 0 Å². The molecule has 1 atom stereocenters. The maximum absolute atomic E-state index is 14.1. The van der Waals surface area contributed by atoms with Gasteiger partial charge in [-0.1, -0.05) is 91.7 Å². The highest BCUT2D eigenvalue weighted by molar-refractivity contribution is 6.27. The van der Waals surface area contributed by atoms with Crippen molar-refractivity contribution < 1.29 is 19.1 Å². The predicted octanol–water partition coefficient (Wildman–Crippen LogP) is 5.23. The fourth-order valence-corrected chi connectivity index (χ4v) is 4.96. The van der Waals surface area contributed by atoms with Gasteiger partial charge in [-0.25, -0.2) is 14.7 Å². The van der Waals surface area contributed by atoms with Crippen molar-refractivity contribution in [3.63, 3.8) is 0 Å². The summed E-state index contributed by atoms with van der Waals surface area (Å²) in [4.78, 5) is 46.9. The first-order valence-electron chi connectivity index (χ1n) is 12.6. The summed E-state index contributed by atoms with van der Waals surface area (Å²) >= 11 is 0. The van der Waals surface area contributed by atoms with Crippen LogP contribution in [0.3, 0.4) is 0 Å². The number of hydrogen-bond acceptors (Lipinski definition) is 5.